The number of carbonyl (C=O) groups excluding carboxylic acids is 1. The molecule has 1 aliphatic rings. The van der Waals surface area contributed by atoms with Crippen molar-refractivity contribution < 1.29 is 9.53 Å². The van der Waals surface area contributed by atoms with Gasteiger partial charge in [-0.25, -0.2) is 0 Å². The van der Waals surface area contributed by atoms with Crippen molar-refractivity contribution >= 4 is 22.2 Å². The van der Waals surface area contributed by atoms with E-state index in [0.29, 0.717) is 5.41 Å². The molecule has 1 N–H and O–H groups in total. The Morgan fingerprint density at radius 2 is 1.93 bits per heavy atom. The molecule has 0 unspecified atom stereocenters. The molecule has 0 aliphatic carbocycles. The average molecular weight is 401 g/mol. The molecule has 1 saturated heterocycles. The Bertz CT molecular complexity index is 736. The van der Waals surface area contributed by atoms with Gasteiger partial charge < -0.3 is 10.1 Å². The minimum absolute atomic E-state index is 0.00880. The lowest BCUT2D eigenvalue weighted by atomic mass is 9.74. The summed E-state index contributed by atoms with van der Waals surface area (Å²) in [5.41, 5.74) is 1.71. The summed E-state index contributed by atoms with van der Waals surface area (Å²) in [6.45, 7) is 8.48. The predicted octanol–water partition coefficient (Wildman–Crippen LogP) is 4.96. The van der Waals surface area contributed by atoms with E-state index in [1.807, 2.05) is 6.07 Å². The largest absolute Gasteiger partial charge is 0.381 e. The Kier molecular flexibility index (Phi) is 7.65. The van der Waals surface area contributed by atoms with Crippen LogP contribution in [-0.4, -0.2) is 37.1 Å². The van der Waals surface area contributed by atoms with Gasteiger partial charge in [0.15, 0.2) is 0 Å². The summed E-state index contributed by atoms with van der Waals surface area (Å²) < 4.78 is 5.90. The van der Waals surface area contributed by atoms with Crippen molar-refractivity contribution in [3.63, 3.8) is 0 Å². The van der Waals surface area contributed by atoms with Gasteiger partial charge in [-0.15, -0.1) is 11.3 Å². The molecule has 1 fully saturated rings. The molecule has 0 spiro atoms. The van der Waals surface area contributed by atoms with E-state index < -0.39 is 0 Å². The Balaban J connectivity index is 1.54. The van der Waals surface area contributed by atoms with E-state index >= 15 is 0 Å². The molecule has 2 heterocycles. The van der Waals surface area contributed by atoms with Crippen LogP contribution in [0.1, 0.15) is 43.6 Å². The number of ether oxygens (including phenoxy) is 1. The van der Waals surface area contributed by atoms with Crippen LogP contribution in [0.15, 0.2) is 42.5 Å². The molecule has 4 nitrogen and oxygen atoms in total. The number of hydrogen-bond donors (Lipinski definition) is 1. The van der Waals surface area contributed by atoms with Gasteiger partial charge in [0.2, 0.25) is 5.91 Å². The molecule has 152 valence electrons. The number of amides is 1. The van der Waals surface area contributed by atoms with Gasteiger partial charge >= 0.3 is 0 Å². The lowest BCUT2D eigenvalue weighted by molar-refractivity contribution is -0.114. The molecule has 1 aliphatic heterocycles. The molecule has 3 rings (SSSR count). The molecule has 28 heavy (non-hydrogen) atoms. The van der Waals surface area contributed by atoms with Crippen molar-refractivity contribution in [3.05, 3.63) is 52.9 Å². The van der Waals surface area contributed by atoms with Crippen LogP contribution in [-0.2, 0) is 22.5 Å². The van der Waals surface area contributed by atoms with E-state index in [9.17, 15) is 4.79 Å². The molecule has 0 radical (unpaired) electrons. The van der Waals surface area contributed by atoms with Crippen LogP contribution in [0.25, 0.3) is 0 Å². The number of aryl methyl sites for hydroxylation is 1. The normalized spacial score (nSPS) is 16.8. The second kappa shape index (κ2) is 10.2. The van der Waals surface area contributed by atoms with E-state index in [0.717, 1.165) is 44.3 Å². The van der Waals surface area contributed by atoms with Crippen LogP contribution >= 0.6 is 11.3 Å². The van der Waals surface area contributed by atoms with Crippen molar-refractivity contribution in [1.82, 2.24) is 4.90 Å². The van der Waals surface area contributed by atoms with Gasteiger partial charge in [-0.05, 0) is 68.8 Å². The van der Waals surface area contributed by atoms with Gasteiger partial charge in [0, 0.05) is 25.0 Å². The molecule has 1 amide bonds. The summed E-state index contributed by atoms with van der Waals surface area (Å²) in [5, 5.41) is 3.81. The Hall–Kier alpha value is -1.69. The third-order valence-corrected chi connectivity index (χ3v) is 6.64. The van der Waals surface area contributed by atoms with Gasteiger partial charge in [0.25, 0.3) is 0 Å². The summed E-state index contributed by atoms with van der Waals surface area (Å²) in [6, 6.07) is 14.9. The van der Waals surface area contributed by atoms with E-state index in [2.05, 4.69) is 53.5 Å². The van der Waals surface area contributed by atoms with E-state index in [1.165, 1.54) is 29.7 Å². The number of benzene rings is 1. The minimum Gasteiger partial charge on any atom is -0.381 e. The maximum absolute atomic E-state index is 11.2. The van der Waals surface area contributed by atoms with Crippen molar-refractivity contribution in [2.24, 2.45) is 5.41 Å². The first-order valence-electron chi connectivity index (χ1n) is 10.3. The third-order valence-electron chi connectivity index (χ3n) is 5.66. The second-order valence-electron chi connectivity index (χ2n) is 7.85. The van der Waals surface area contributed by atoms with Crippen LogP contribution in [0.4, 0.5) is 5.00 Å². The van der Waals surface area contributed by atoms with Gasteiger partial charge in [0.1, 0.15) is 0 Å². The van der Waals surface area contributed by atoms with E-state index in [1.54, 1.807) is 18.3 Å². The van der Waals surface area contributed by atoms with Crippen LogP contribution in [0.5, 0.6) is 0 Å². The highest BCUT2D eigenvalue weighted by atomic mass is 32.1. The molecular weight excluding hydrogens is 368 g/mol. The summed E-state index contributed by atoms with van der Waals surface area (Å²) >= 11 is 1.68. The lowest BCUT2D eigenvalue weighted by Crippen LogP contribution is -2.42. The van der Waals surface area contributed by atoms with Gasteiger partial charge in [-0.1, -0.05) is 30.3 Å². The van der Waals surface area contributed by atoms with Crippen molar-refractivity contribution in [3.8, 4) is 0 Å². The predicted molar refractivity (Wildman–Crippen MR) is 117 cm³/mol. The molecule has 0 bridgehead atoms. The smallest absolute Gasteiger partial charge is 0.221 e. The summed E-state index contributed by atoms with van der Waals surface area (Å²) in [5.74, 6) is -0.00880. The highest BCUT2D eigenvalue weighted by molar-refractivity contribution is 7.16. The molecule has 0 saturated carbocycles. The fourth-order valence-corrected chi connectivity index (χ4v) is 4.95. The number of hydrogen-bond acceptors (Lipinski definition) is 4. The first kappa shape index (κ1) is 21.0. The first-order valence-corrected chi connectivity index (χ1v) is 11.1. The zero-order valence-corrected chi connectivity index (χ0v) is 17.9. The number of anilines is 1. The molecule has 5 heteroatoms. The zero-order valence-electron chi connectivity index (χ0n) is 17.1. The standard InChI is InChI=1S/C23H32N2O2S/c1-3-27-18-23(12-11-20-7-5-4-6-8-20)13-15-25(16-14-23)17-21-9-10-22(28-21)24-19(2)26/h4-10H,3,11-18H2,1-2H3,(H,24,26). The minimum atomic E-state index is -0.00880. The fourth-order valence-electron chi connectivity index (χ4n) is 3.95. The molecule has 1 aromatic heterocycles. The number of piperidine rings is 1. The molecule has 1 aromatic carbocycles. The summed E-state index contributed by atoms with van der Waals surface area (Å²) in [6.07, 6.45) is 4.68. The highest BCUT2D eigenvalue weighted by Crippen LogP contribution is 2.37. The molecule has 0 atom stereocenters. The topological polar surface area (TPSA) is 41.6 Å². The number of nitrogens with zero attached hydrogens (tertiary/aromatic N) is 1. The third kappa shape index (κ3) is 6.16. The van der Waals surface area contributed by atoms with Gasteiger partial charge in [0.05, 0.1) is 11.6 Å². The van der Waals surface area contributed by atoms with Crippen LogP contribution in [0.2, 0.25) is 0 Å². The number of carbonyl (C=O) groups is 1. The van der Waals surface area contributed by atoms with Crippen LogP contribution < -0.4 is 5.32 Å². The second-order valence-corrected chi connectivity index (χ2v) is 9.01. The highest BCUT2D eigenvalue weighted by Gasteiger charge is 2.34. The quantitative estimate of drug-likeness (QED) is 0.647. The maximum Gasteiger partial charge on any atom is 0.221 e. The fraction of sp³-hybridized carbons (Fsp3) is 0.522. The number of likely N-dealkylation sites (tertiary alicyclic amines) is 1. The summed E-state index contributed by atoms with van der Waals surface area (Å²) in [7, 11) is 0. The van der Waals surface area contributed by atoms with Crippen molar-refractivity contribution in [2.45, 2.75) is 46.1 Å². The average Bonchev–Trinajstić information content (AvgIpc) is 3.13. The lowest BCUT2D eigenvalue weighted by Gasteiger charge is -2.42. The van der Waals surface area contributed by atoms with Crippen molar-refractivity contribution in [1.29, 1.82) is 0 Å². The van der Waals surface area contributed by atoms with Gasteiger partial charge in [-0.2, -0.15) is 0 Å². The number of nitrogens with one attached hydrogen (secondary N) is 1. The SMILES string of the molecule is CCOCC1(CCc2ccccc2)CCN(Cc2ccc(NC(C)=O)s2)CC1. The summed E-state index contributed by atoms with van der Waals surface area (Å²) in [4.78, 5) is 15.1. The first-order chi connectivity index (χ1) is 13.6. The van der Waals surface area contributed by atoms with Crippen LogP contribution in [0, 0.1) is 5.41 Å². The van der Waals surface area contributed by atoms with E-state index in [4.69, 9.17) is 4.74 Å². The molecule has 2 aromatic rings. The van der Waals surface area contributed by atoms with Crippen LogP contribution in [0.3, 0.4) is 0 Å². The Labute approximate surface area is 172 Å². The number of thiophene rings is 1. The van der Waals surface area contributed by atoms with E-state index in [-0.39, 0.29) is 5.91 Å². The Morgan fingerprint density at radius 1 is 1.18 bits per heavy atom. The monoisotopic (exact) mass is 400 g/mol. The molecular formula is C23H32N2O2S. The van der Waals surface area contributed by atoms with Gasteiger partial charge in [-0.3, -0.25) is 9.69 Å². The van der Waals surface area contributed by atoms with Crippen molar-refractivity contribution in [2.75, 3.05) is 31.6 Å². The number of rotatable bonds is 9. The maximum atomic E-state index is 11.2. The Morgan fingerprint density at radius 3 is 2.61 bits per heavy atom. The zero-order chi connectivity index (χ0) is 19.8.